The van der Waals surface area contributed by atoms with E-state index >= 15 is 0 Å². The van der Waals surface area contributed by atoms with Gasteiger partial charge in [0.2, 0.25) is 0 Å². The minimum absolute atomic E-state index is 0. The van der Waals surface area contributed by atoms with E-state index in [0.717, 1.165) is 13.0 Å². The molecule has 0 saturated carbocycles. The summed E-state index contributed by atoms with van der Waals surface area (Å²) in [5.74, 6) is 0. The first-order valence-corrected chi connectivity index (χ1v) is 4.11. The molecule has 1 aliphatic rings. The fraction of sp³-hybridized carbons (Fsp3) is 0.400. The molecule has 66 valence electrons. The van der Waals surface area contributed by atoms with Crippen LogP contribution < -0.4 is 0 Å². The largest absolute Gasteiger partial charge is 0.412 e. The molecule has 1 atom stereocenters. The van der Waals surface area contributed by atoms with Crippen molar-refractivity contribution in [3.8, 4) is 0 Å². The predicted molar refractivity (Wildman–Crippen MR) is 48.1 cm³/mol. The molecule has 1 heterocycles. The zero-order valence-corrected chi connectivity index (χ0v) is 6.99. The number of hydrogen-bond donors (Lipinski definition) is 0. The highest BCUT2D eigenvalue weighted by molar-refractivity contribution is 5.14. The molecule has 2 rings (SSSR count). The van der Waals surface area contributed by atoms with Crippen LogP contribution in [0.25, 0.3) is 0 Å². The molecule has 1 aromatic rings. The monoisotopic (exact) mass is 166 g/mol. The lowest BCUT2D eigenvalue weighted by molar-refractivity contribution is 0.397. The summed E-state index contributed by atoms with van der Waals surface area (Å²) in [6.07, 6.45) is 2.91. The molecule has 2 nitrogen and oxygen atoms in total. The molecule has 12 heavy (non-hydrogen) atoms. The predicted octanol–water partition coefficient (Wildman–Crippen LogP) is 1.19. The number of aryl methyl sites for hydroxylation is 1. The molecule has 0 radical (unpaired) electrons. The summed E-state index contributed by atoms with van der Waals surface area (Å²) in [5.41, 5.74) is 1.42. The van der Waals surface area contributed by atoms with Gasteiger partial charge in [-0.1, -0.05) is 30.3 Å². The second-order valence-electron chi connectivity index (χ2n) is 2.98. The van der Waals surface area contributed by atoms with Crippen molar-refractivity contribution < 1.29 is 10.2 Å². The first-order chi connectivity index (χ1) is 5.45. The van der Waals surface area contributed by atoms with E-state index in [0.29, 0.717) is 6.10 Å². The van der Waals surface area contributed by atoms with E-state index in [1.54, 1.807) is 0 Å². The van der Waals surface area contributed by atoms with Crippen LogP contribution in [-0.2, 0) is 11.2 Å². The maximum atomic E-state index is 5.13. The molecule has 0 aliphatic carbocycles. The van der Waals surface area contributed by atoms with Crippen LogP contribution in [-0.4, -0.2) is 18.2 Å². The molecule has 0 aromatic heterocycles. The van der Waals surface area contributed by atoms with Crippen molar-refractivity contribution in [3.63, 3.8) is 0 Å². The fourth-order valence-corrected chi connectivity index (χ4v) is 1.21. The number of epoxide rings is 1. The summed E-state index contributed by atoms with van der Waals surface area (Å²) in [5, 5.41) is 0. The Kier molecular flexibility index (Phi) is 3.26. The highest BCUT2D eigenvalue weighted by Crippen LogP contribution is 2.16. The third-order valence-corrected chi connectivity index (χ3v) is 2.00. The minimum atomic E-state index is 0. The Morgan fingerprint density at radius 2 is 1.92 bits per heavy atom. The van der Waals surface area contributed by atoms with Crippen LogP contribution in [0.15, 0.2) is 30.3 Å². The lowest BCUT2D eigenvalue weighted by atomic mass is 10.1. The zero-order chi connectivity index (χ0) is 7.52. The van der Waals surface area contributed by atoms with Crippen molar-refractivity contribution >= 4 is 0 Å². The average Bonchev–Trinajstić information content (AvgIpc) is 2.86. The molecule has 1 unspecified atom stereocenters. The highest BCUT2D eigenvalue weighted by Gasteiger charge is 2.21. The van der Waals surface area contributed by atoms with Crippen LogP contribution in [0.2, 0.25) is 0 Å². The molecule has 0 bridgehead atoms. The molecule has 1 aromatic carbocycles. The topological polar surface area (TPSA) is 44.0 Å². The summed E-state index contributed by atoms with van der Waals surface area (Å²) in [6.45, 7) is 0.979. The quantitative estimate of drug-likeness (QED) is 0.622. The van der Waals surface area contributed by atoms with Crippen LogP contribution in [0.3, 0.4) is 0 Å². The second kappa shape index (κ2) is 4.24. The molecule has 1 fully saturated rings. The van der Waals surface area contributed by atoms with E-state index in [1.807, 2.05) is 0 Å². The summed E-state index contributed by atoms with van der Waals surface area (Å²) in [6, 6.07) is 10.6. The molecular weight excluding hydrogens is 152 g/mol. The molecule has 2 N–H and O–H groups in total. The van der Waals surface area contributed by atoms with Gasteiger partial charge in [0, 0.05) is 0 Å². The maximum absolute atomic E-state index is 5.13. The third-order valence-electron chi connectivity index (χ3n) is 2.00. The van der Waals surface area contributed by atoms with Crippen LogP contribution in [0, 0.1) is 0 Å². The molecule has 1 saturated heterocycles. The van der Waals surface area contributed by atoms with Crippen molar-refractivity contribution in [2.75, 3.05) is 6.61 Å². The van der Waals surface area contributed by atoms with E-state index in [4.69, 9.17) is 4.74 Å². The Morgan fingerprint density at radius 3 is 2.50 bits per heavy atom. The van der Waals surface area contributed by atoms with Gasteiger partial charge in [0.1, 0.15) is 0 Å². The van der Waals surface area contributed by atoms with E-state index in [2.05, 4.69) is 30.3 Å². The third kappa shape index (κ3) is 2.64. The van der Waals surface area contributed by atoms with Crippen molar-refractivity contribution in [3.05, 3.63) is 35.9 Å². The van der Waals surface area contributed by atoms with E-state index < -0.39 is 0 Å². The van der Waals surface area contributed by atoms with Gasteiger partial charge < -0.3 is 10.2 Å². The normalized spacial score (nSPS) is 19.8. The molecular formula is C10H14O2. The Balaban J connectivity index is 0.000000720. The van der Waals surface area contributed by atoms with Crippen molar-refractivity contribution in [1.82, 2.24) is 0 Å². The van der Waals surface area contributed by atoms with E-state index in [-0.39, 0.29) is 5.48 Å². The van der Waals surface area contributed by atoms with Crippen molar-refractivity contribution in [1.29, 1.82) is 0 Å². The lowest BCUT2D eigenvalue weighted by Crippen LogP contribution is -1.89. The standard InChI is InChI=1S/C10H12O.H2O/c1-2-4-9(5-3-1)6-7-10-8-11-10;/h1-5,10H,6-8H2;1H2. The van der Waals surface area contributed by atoms with Gasteiger partial charge in [0.15, 0.2) is 0 Å². The molecule has 1 aliphatic heterocycles. The fourth-order valence-electron chi connectivity index (χ4n) is 1.21. The van der Waals surface area contributed by atoms with Gasteiger partial charge in [-0.05, 0) is 18.4 Å². The minimum Gasteiger partial charge on any atom is -0.412 e. The average molecular weight is 166 g/mol. The SMILES string of the molecule is O.c1ccc(CCC2CO2)cc1. The van der Waals surface area contributed by atoms with Gasteiger partial charge in [0.05, 0.1) is 12.7 Å². The second-order valence-corrected chi connectivity index (χ2v) is 2.98. The van der Waals surface area contributed by atoms with Crippen LogP contribution >= 0.6 is 0 Å². The van der Waals surface area contributed by atoms with Gasteiger partial charge in [-0.25, -0.2) is 0 Å². The Labute approximate surface area is 72.5 Å². The first-order valence-electron chi connectivity index (χ1n) is 4.11. The molecule has 0 amide bonds. The van der Waals surface area contributed by atoms with E-state index in [1.165, 1.54) is 12.0 Å². The number of rotatable bonds is 3. The summed E-state index contributed by atoms with van der Waals surface area (Å²) >= 11 is 0. The summed E-state index contributed by atoms with van der Waals surface area (Å²) in [4.78, 5) is 0. The van der Waals surface area contributed by atoms with E-state index in [9.17, 15) is 0 Å². The number of benzene rings is 1. The van der Waals surface area contributed by atoms with Crippen LogP contribution in [0.1, 0.15) is 12.0 Å². The van der Waals surface area contributed by atoms with Crippen molar-refractivity contribution in [2.45, 2.75) is 18.9 Å². The highest BCUT2D eigenvalue weighted by atomic mass is 16.6. The zero-order valence-electron chi connectivity index (χ0n) is 6.99. The molecule has 0 spiro atoms. The Morgan fingerprint density at radius 1 is 1.25 bits per heavy atom. The number of ether oxygens (including phenoxy) is 1. The number of hydrogen-bond acceptors (Lipinski definition) is 1. The maximum Gasteiger partial charge on any atom is 0.0813 e. The Hall–Kier alpha value is -0.860. The van der Waals surface area contributed by atoms with Crippen LogP contribution in [0.5, 0.6) is 0 Å². The summed E-state index contributed by atoms with van der Waals surface area (Å²) in [7, 11) is 0. The van der Waals surface area contributed by atoms with Gasteiger partial charge >= 0.3 is 0 Å². The first kappa shape index (κ1) is 9.23. The van der Waals surface area contributed by atoms with Gasteiger partial charge in [-0.3, -0.25) is 0 Å². The summed E-state index contributed by atoms with van der Waals surface area (Å²) < 4.78 is 5.13. The van der Waals surface area contributed by atoms with Gasteiger partial charge in [-0.15, -0.1) is 0 Å². The van der Waals surface area contributed by atoms with Gasteiger partial charge in [0.25, 0.3) is 0 Å². The van der Waals surface area contributed by atoms with Crippen molar-refractivity contribution in [2.24, 2.45) is 0 Å². The lowest BCUT2D eigenvalue weighted by Gasteiger charge is -1.96. The van der Waals surface area contributed by atoms with Crippen LogP contribution in [0.4, 0.5) is 0 Å². The smallest absolute Gasteiger partial charge is 0.0813 e. The Bertz CT molecular complexity index is 217. The molecule has 2 heteroatoms. The van der Waals surface area contributed by atoms with Gasteiger partial charge in [-0.2, -0.15) is 0 Å².